The highest BCUT2D eigenvalue weighted by molar-refractivity contribution is 6.29. The minimum atomic E-state index is -0.529. The molecule has 1 heterocycles. The second-order valence-corrected chi connectivity index (χ2v) is 4.03. The molecular weight excluding hydrogens is 254 g/mol. The Hall–Kier alpha value is -2.14. The van der Waals surface area contributed by atoms with Crippen molar-refractivity contribution in [3.8, 4) is 0 Å². The van der Waals surface area contributed by atoms with Gasteiger partial charge in [-0.25, -0.2) is 4.98 Å². The SMILES string of the molecule is NC(=O)c1ccccc1Cn1ccnc(Cl)c1=O. The van der Waals surface area contributed by atoms with Gasteiger partial charge in [0, 0.05) is 18.0 Å². The number of hydrogen-bond donors (Lipinski definition) is 1. The number of rotatable bonds is 3. The topological polar surface area (TPSA) is 78.0 Å². The van der Waals surface area contributed by atoms with Gasteiger partial charge in [-0.15, -0.1) is 0 Å². The van der Waals surface area contributed by atoms with E-state index in [1.54, 1.807) is 24.3 Å². The first-order valence-corrected chi connectivity index (χ1v) is 5.56. The maximum absolute atomic E-state index is 11.7. The molecule has 6 heteroatoms. The van der Waals surface area contributed by atoms with Crippen molar-refractivity contribution in [3.63, 3.8) is 0 Å². The Kier molecular flexibility index (Phi) is 3.43. The highest BCUT2D eigenvalue weighted by Gasteiger charge is 2.09. The molecule has 0 spiro atoms. The molecule has 0 unspecified atom stereocenters. The molecule has 1 amide bonds. The van der Waals surface area contributed by atoms with Gasteiger partial charge in [0.05, 0.1) is 6.54 Å². The van der Waals surface area contributed by atoms with E-state index in [2.05, 4.69) is 4.98 Å². The van der Waals surface area contributed by atoms with Crippen LogP contribution >= 0.6 is 11.6 Å². The zero-order valence-corrected chi connectivity index (χ0v) is 10.1. The average Bonchev–Trinajstić information content (AvgIpc) is 2.35. The molecule has 2 rings (SSSR count). The Labute approximate surface area is 108 Å². The first-order valence-electron chi connectivity index (χ1n) is 5.18. The largest absolute Gasteiger partial charge is 0.366 e. The zero-order chi connectivity index (χ0) is 13.1. The van der Waals surface area contributed by atoms with E-state index in [1.165, 1.54) is 17.0 Å². The fourth-order valence-electron chi connectivity index (χ4n) is 1.63. The van der Waals surface area contributed by atoms with Crippen LogP contribution in [0.25, 0.3) is 0 Å². The normalized spacial score (nSPS) is 10.3. The van der Waals surface area contributed by atoms with Gasteiger partial charge in [0.2, 0.25) is 5.91 Å². The Morgan fingerprint density at radius 2 is 2.11 bits per heavy atom. The first kappa shape index (κ1) is 12.3. The maximum Gasteiger partial charge on any atom is 0.288 e. The Morgan fingerprint density at radius 1 is 1.39 bits per heavy atom. The smallest absolute Gasteiger partial charge is 0.288 e. The molecule has 0 aliphatic rings. The molecule has 0 aliphatic carbocycles. The lowest BCUT2D eigenvalue weighted by Gasteiger charge is -2.08. The van der Waals surface area contributed by atoms with Gasteiger partial charge in [-0.1, -0.05) is 29.8 Å². The number of primary amides is 1. The van der Waals surface area contributed by atoms with Gasteiger partial charge in [0.1, 0.15) is 0 Å². The molecule has 2 aromatic rings. The summed E-state index contributed by atoms with van der Waals surface area (Å²) in [7, 11) is 0. The fourth-order valence-corrected chi connectivity index (χ4v) is 1.79. The summed E-state index contributed by atoms with van der Waals surface area (Å²) in [6.45, 7) is 0.222. The Balaban J connectivity index is 2.44. The van der Waals surface area contributed by atoms with Crippen LogP contribution in [0, 0.1) is 0 Å². The molecule has 0 bridgehead atoms. The molecule has 0 aliphatic heterocycles. The molecule has 1 aromatic heterocycles. The van der Waals surface area contributed by atoms with Gasteiger partial charge in [-0.05, 0) is 11.6 Å². The third-order valence-electron chi connectivity index (χ3n) is 2.50. The molecule has 92 valence electrons. The molecule has 0 saturated heterocycles. The molecule has 2 N–H and O–H groups in total. The number of aromatic nitrogens is 2. The van der Waals surface area contributed by atoms with Crippen LogP contribution in [0.2, 0.25) is 5.15 Å². The maximum atomic E-state index is 11.7. The highest BCUT2D eigenvalue weighted by Crippen LogP contribution is 2.09. The number of amides is 1. The van der Waals surface area contributed by atoms with E-state index < -0.39 is 11.5 Å². The van der Waals surface area contributed by atoms with Crippen molar-refractivity contribution in [2.45, 2.75) is 6.54 Å². The van der Waals surface area contributed by atoms with E-state index in [0.717, 1.165) is 0 Å². The molecule has 0 atom stereocenters. The van der Waals surface area contributed by atoms with E-state index in [0.29, 0.717) is 11.1 Å². The van der Waals surface area contributed by atoms with Crippen LogP contribution in [0.4, 0.5) is 0 Å². The third kappa shape index (κ3) is 2.41. The van der Waals surface area contributed by atoms with Gasteiger partial charge >= 0.3 is 0 Å². The van der Waals surface area contributed by atoms with Crippen molar-refractivity contribution < 1.29 is 4.79 Å². The van der Waals surface area contributed by atoms with Crippen LogP contribution in [0.1, 0.15) is 15.9 Å². The average molecular weight is 264 g/mol. The van der Waals surface area contributed by atoms with E-state index in [-0.39, 0.29) is 11.7 Å². The van der Waals surface area contributed by atoms with Crippen molar-refractivity contribution in [2.75, 3.05) is 0 Å². The molecule has 0 fully saturated rings. The lowest BCUT2D eigenvalue weighted by Crippen LogP contribution is -2.23. The monoisotopic (exact) mass is 263 g/mol. The summed E-state index contributed by atoms with van der Waals surface area (Å²) in [4.78, 5) is 26.6. The van der Waals surface area contributed by atoms with Crippen molar-refractivity contribution in [1.82, 2.24) is 9.55 Å². The quantitative estimate of drug-likeness (QED) is 0.899. The number of benzene rings is 1. The predicted molar refractivity (Wildman–Crippen MR) is 67.6 cm³/mol. The van der Waals surface area contributed by atoms with Gasteiger partial charge in [0.15, 0.2) is 5.15 Å². The van der Waals surface area contributed by atoms with Crippen LogP contribution in [0.15, 0.2) is 41.5 Å². The summed E-state index contributed by atoms with van der Waals surface area (Å²) in [5, 5.41) is -0.103. The van der Waals surface area contributed by atoms with Crippen molar-refractivity contribution in [3.05, 3.63) is 63.3 Å². The summed E-state index contributed by atoms with van der Waals surface area (Å²) in [5.41, 5.74) is 5.92. The lowest BCUT2D eigenvalue weighted by atomic mass is 10.1. The Morgan fingerprint density at radius 3 is 2.83 bits per heavy atom. The van der Waals surface area contributed by atoms with E-state index in [4.69, 9.17) is 17.3 Å². The second kappa shape index (κ2) is 5.01. The molecule has 1 aromatic carbocycles. The standard InChI is InChI=1S/C12H10ClN3O2/c13-10-12(18)16(6-5-15-10)7-8-3-1-2-4-9(8)11(14)17/h1-6H,7H2,(H2,14,17). The minimum absolute atomic E-state index is 0.103. The van der Waals surface area contributed by atoms with Crippen LogP contribution < -0.4 is 11.3 Å². The fraction of sp³-hybridized carbons (Fsp3) is 0.0833. The summed E-state index contributed by atoms with van der Waals surface area (Å²) in [5.74, 6) is -0.529. The van der Waals surface area contributed by atoms with Crippen LogP contribution in [0.3, 0.4) is 0 Å². The third-order valence-corrected chi connectivity index (χ3v) is 2.75. The van der Waals surface area contributed by atoms with Crippen molar-refractivity contribution >= 4 is 17.5 Å². The Bertz CT molecular complexity index is 652. The number of nitrogens with two attached hydrogens (primary N) is 1. The summed E-state index contributed by atoms with van der Waals surface area (Å²) in [6, 6.07) is 6.84. The highest BCUT2D eigenvalue weighted by atomic mass is 35.5. The van der Waals surface area contributed by atoms with Crippen molar-refractivity contribution in [1.29, 1.82) is 0 Å². The predicted octanol–water partition coefficient (Wildman–Crippen LogP) is 1.04. The van der Waals surface area contributed by atoms with E-state index in [1.807, 2.05) is 0 Å². The van der Waals surface area contributed by atoms with Crippen molar-refractivity contribution in [2.24, 2.45) is 5.73 Å². The molecule has 5 nitrogen and oxygen atoms in total. The number of hydrogen-bond acceptors (Lipinski definition) is 3. The first-order chi connectivity index (χ1) is 8.59. The van der Waals surface area contributed by atoms with Gasteiger partial charge in [-0.2, -0.15) is 0 Å². The lowest BCUT2D eigenvalue weighted by molar-refractivity contribution is 0.0999. The van der Waals surface area contributed by atoms with Gasteiger partial charge in [-0.3, -0.25) is 9.59 Å². The van der Waals surface area contributed by atoms with Crippen LogP contribution in [-0.4, -0.2) is 15.5 Å². The second-order valence-electron chi connectivity index (χ2n) is 3.67. The molecular formula is C12H10ClN3O2. The van der Waals surface area contributed by atoms with Crippen LogP contribution in [0.5, 0.6) is 0 Å². The number of carbonyl (C=O) groups excluding carboxylic acids is 1. The summed E-state index contributed by atoms with van der Waals surface area (Å²) >= 11 is 5.65. The van der Waals surface area contributed by atoms with Gasteiger partial charge in [0.25, 0.3) is 5.56 Å². The van der Waals surface area contributed by atoms with Gasteiger partial charge < -0.3 is 10.3 Å². The number of nitrogens with zero attached hydrogens (tertiary/aromatic N) is 2. The zero-order valence-electron chi connectivity index (χ0n) is 9.34. The summed E-state index contributed by atoms with van der Waals surface area (Å²) in [6.07, 6.45) is 2.93. The number of halogens is 1. The molecule has 0 saturated carbocycles. The summed E-state index contributed by atoms with van der Waals surface area (Å²) < 4.78 is 1.37. The van der Waals surface area contributed by atoms with E-state index >= 15 is 0 Å². The minimum Gasteiger partial charge on any atom is -0.366 e. The molecule has 0 radical (unpaired) electrons. The number of carbonyl (C=O) groups is 1. The van der Waals surface area contributed by atoms with Crippen LogP contribution in [-0.2, 0) is 6.54 Å². The van der Waals surface area contributed by atoms with E-state index in [9.17, 15) is 9.59 Å². The molecule has 18 heavy (non-hydrogen) atoms.